The van der Waals surface area contributed by atoms with Gasteiger partial charge in [-0.3, -0.25) is 4.79 Å². The minimum atomic E-state index is 0.0660. The molecule has 23 heavy (non-hydrogen) atoms. The number of amides is 1. The van der Waals surface area contributed by atoms with Crippen molar-refractivity contribution in [3.63, 3.8) is 0 Å². The Morgan fingerprint density at radius 3 is 2.52 bits per heavy atom. The van der Waals surface area contributed by atoms with Crippen LogP contribution in [0.4, 0.5) is 0 Å². The Kier molecular flexibility index (Phi) is 4.10. The summed E-state index contributed by atoms with van der Waals surface area (Å²) < 4.78 is 1.78. The predicted molar refractivity (Wildman–Crippen MR) is 90.4 cm³/mol. The highest BCUT2D eigenvalue weighted by Gasteiger charge is 2.15. The molecule has 0 aliphatic carbocycles. The molecule has 3 rings (SSSR count). The van der Waals surface area contributed by atoms with Crippen LogP contribution in [-0.2, 0) is 0 Å². The average Bonchev–Trinajstić information content (AvgIpc) is 2.91. The molecule has 0 unspecified atom stereocenters. The maximum Gasteiger partial charge on any atom is 0.253 e. The number of carbonyl (C=O) groups is 1. The summed E-state index contributed by atoms with van der Waals surface area (Å²) in [6, 6.07) is 9.55. The van der Waals surface area contributed by atoms with Crippen LogP contribution in [0.2, 0.25) is 0 Å². The van der Waals surface area contributed by atoms with E-state index in [-0.39, 0.29) is 5.91 Å². The van der Waals surface area contributed by atoms with Crippen molar-refractivity contribution in [2.45, 2.75) is 20.8 Å². The summed E-state index contributed by atoms with van der Waals surface area (Å²) in [5.74, 6) is 0.0660. The smallest absolute Gasteiger partial charge is 0.253 e. The highest BCUT2D eigenvalue weighted by molar-refractivity contribution is 5.95. The van der Waals surface area contributed by atoms with Crippen molar-refractivity contribution in [2.24, 2.45) is 0 Å². The van der Waals surface area contributed by atoms with E-state index in [4.69, 9.17) is 0 Å². The largest absolute Gasteiger partial charge is 0.339 e. The summed E-state index contributed by atoms with van der Waals surface area (Å²) in [6.45, 7) is 7.38. The number of hydrogen-bond donors (Lipinski definition) is 0. The second kappa shape index (κ2) is 6.20. The zero-order valence-corrected chi connectivity index (χ0v) is 13.7. The highest BCUT2D eigenvalue weighted by Crippen LogP contribution is 2.27. The molecule has 3 aromatic rings. The molecule has 0 atom stereocenters. The number of carbonyl (C=O) groups excluding carboxylic acids is 1. The first-order valence-corrected chi connectivity index (χ1v) is 7.85. The Bertz CT molecular complexity index is 832. The Hall–Kier alpha value is -2.69. The number of hydrogen-bond acceptors (Lipinski definition) is 3. The van der Waals surface area contributed by atoms with Crippen molar-refractivity contribution >= 4 is 11.6 Å². The number of aryl methyl sites for hydroxylation is 1. The first kappa shape index (κ1) is 15.2. The fourth-order valence-electron chi connectivity index (χ4n) is 2.81. The quantitative estimate of drug-likeness (QED) is 0.744. The van der Waals surface area contributed by atoms with Crippen LogP contribution in [0.15, 0.2) is 42.7 Å². The predicted octanol–water partition coefficient (Wildman–Crippen LogP) is 3.19. The van der Waals surface area contributed by atoms with Gasteiger partial charge in [0.15, 0.2) is 5.65 Å². The number of fused-ring (bicyclic) bond motifs is 1. The molecule has 1 aromatic carbocycles. The Morgan fingerprint density at radius 2 is 1.87 bits per heavy atom. The lowest BCUT2D eigenvalue weighted by atomic mass is 10.0. The van der Waals surface area contributed by atoms with Gasteiger partial charge in [0.25, 0.3) is 5.91 Å². The molecule has 5 nitrogen and oxygen atoms in total. The van der Waals surface area contributed by atoms with Gasteiger partial charge in [0.1, 0.15) is 0 Å². The minimum Gasteiger partial charge on any atom is -0.339 e. The second-order valence-corrected chi connectivity index (χ2v) is 5.40. The van der Waals surface area contributed by atoms with Crippen LogP contribution in [0.3, 0.4) is 0 Å². The van der Waals surface area contributed by atoms with E-state index in [0.29, 0.717) is 18.7 Å². The standard InChI is InChI=1S/C18H20N4O/c1-4-21(5-2)18(23)15-9-7-14(8-10-15)16-13(3)20-22-12-6-11-19-17(16)22/h6-12H,4-5H2,1-3H3. The Morgan fingerprint density at radius 1 is 1.17 bits per heavy atom. The van der Waals surface area contributed by atoms with Gasteiger partial charge in [0.05, 0.1) is 5.69 Å². The molecule has 0 aliphatic heterocycles. The van der Waals surface area contributed by atoms with Gasteiger partial charge in [-0.25, -0.2) is 9.50 Å². The zero-order chi connectivity index (χ0) is 16.4. The molecule has 0 spiro atoms. The molecule has 0 saturated carbocycles. The molecule has 0 fully saturated rings. The van der Waals surface area contributed by atoms with E-state index in [2.05, 4.69) is 10.1 Å². The Labute approximate surface area is 135 Å². The fourth-order valence-corrected chi connectivity index (χ4v) is 2.81. The van der Waals surface area contributed by atoms with E-state index in [1.54, 1.807) is 10.7 Å². The van der Waals surface area contributed by atoms with E-state index in [1.165, 1.54) is 0 Å². The van der Waals surface area contributed by atoms with Gasteiger partial charge < -0.3 is 4.90 Å². The number of aromatic nitrogens is 3. The van der Waals surface area contributed by atoms with E-state index in [1.807, 2.05) is 62.2 Å². The van der Waals surface area contributed by atoms with Crippen LogP contribution < -0.4 is 0 Å². The fraction of sp³-hybridized carbons (Fsp3) is 0.278. The van der Waals surface area contributed by atoms with Gasteiger partial charge in [-0.1, -0.05) is 12.1 Å². The van der Waals surface area contributed by atoms with Crippen molar-refractivity contribution in [1.82, 2.24) is 19.5 Å². The highest BCUT2D eigenvalue weighted by atomic mass is 16.2. The summed E-state index contributed by atoms with van der Waals surface area (Å²) in [6.07, 6.45) is 3.65. The molecule has 0 bridgehead atoms. The van der Waals surface area contributed by atoms with Crippen LogP contribution in [0.25, 0.3) is 16.8 Å². The molecule has 0 N–H and O–H groups in total. The van der Waals surface area contributed by atoms with Crippen molar-refractivity contribution in [3.05, 3.63) is 54.0 Å². The Balaban J connectivity index is 1.99. The summed E-state index contributed by atoms with van der Waals surface area (Å²) in [7, 11) is 0. The molecule has 2 heterocycles. The topological polar surface area (TPSA) is 50.5 Å². The maximum atomic E-state index is 12.4. The molecule has 5 heteroatoms. The first-order valence-electron chi connectivity index (χ1n) is 7.85. The van der Waals surface area contributed by atoms with Gasteiger partial charge in [0.2, 0.25) is 0 Å². The molecule has 0 saturated heterocycles. The van der Waals surface area contributed by atoms with Gasteiger partial charge in [0, 0.05) is 36.6 Å². The van der Waals surface area contributed by atoms with Crippen LogP contribution in [0, 0.1) is 6.92 Å². The van der Waals surface area contributed by atoms with Crippen LogP contribution in [-0.4, -0.2) is 38.5 Å². The van der Waals surface area contributed by atoms with Crippen LogP contribution in [0.1, 0.15) is 29.9 Å². The lowest BCUT2D eigenvalue weighted by molar-refractivity contribution is 0.0773. The molecular formula is C18H20N4O. The minimum absolute atomic E-state index is 0.0660. The number of rotatable bonds is 4. The summed E-state index contributed by atoms with van der Waals surface area (Å²) >= 11 is 0. The average molecular weight is 308 g/mol. The lowest BCUT2D eigenvalue weighted by Crippen LogP contribution is -2.30. The maximum absolute atomic E-state index is 12.4. The van der Waals surface area contributed by atoms with Gasteiger partial charge in [-0.2, -0.15) is 5.10 Å². The first-order chi connectivity index (χ1) is 11.2. The molecule has 1 amide bonds. The molecule has 0 aliphatic rings. The second-order valence-electron chi connectivity index (χ2n) is 5.40. The van der Waals surface area contributed by atoms with Gasteiger partial charge in [-0.05, 0) is 44.5 Å². The molecule has 0 radical (unpaired) electrons. The third kappa shape index (κ3) is 2.70. The SMILES string of the molecule is CCN(CC)C(=O)c1ccc(-c2c(C)nn3cccnc23)cc1. The zero-order valence-electron chi connectivity index (χ0n) is 13.7. The lowest BCUT2D eigenvalue weighted by Gasteiger charge is -2.18. The normalized spacial score (nSPS) is 10.9. The van der Waals surface area contributed by atoms with Crippen molar-refractivity contribution < 1.29 is 4.79 Å². The van der Waals surface area contributed by atoms with Crippen LogP contribution in [0.5, 0.6) is 0 Å². The monoisotopic (exact) mass is 308 g/mol. The molecule has 2 aromatic heterocycles. The van der Waals surface area contributed by atoms with E-state index in [0.717, 1.165) is 22.5 Å². The summed E-state index contributed by atoms with van der Waals surface area (Å²) in [5.41, 5.74) is 4.48. The van der Waals surface area contributed by atoms with Gasteiger partial charge in [-0.15, -0.1) is 0 Å². The summed E-state index contributed by atoms with van der Waals surface area (Å²) in [4.78, 5) is 18.6. The van der Waals surface area contributed by atoms with Crippen molar-refractivity contribution in [2.75, 3.05) is 13.1 Å². The van der Waals surface area contributed by atoms with E-state index < -0.39 is 0 Å². The molecule has 118 valence electrons. The van der Waals surface area contributed by atoms with E-state index in [9.17, 15) is 4.79 Å². The number of benzene rings is 1. The van der Waals surface area contributed by atoms with Crippen LogP contribution >= 0.6 is 0 Å². The third-order valence-corrected chi connectivity index (χ3v) is 4.04. The van der Waals surface area contributed by atoms with Crippen molar-refractivity contribution in [3.8, 4) is 11.1 Å². The van der Waals surface area contributed by atoms with Gasteiger partial charge >= 0.3 is 0 Å². The molecular weight excluding hydrogens is 288 g/mol. The van der Waals surface area contributed by atoms with Crippen molar-refractivity contribution in [1.29, 1.82) is 0 Å². The number of nitrogens with zero attached hydrogens (tertiary/aromatic N) is 4. The van der Waals surface area contributed by atoms with E-state index >= 15 is 0 Å². The third-order valence-electron chi connectivity index (χ3n) is 4.04. The summed E-state index contributed by atoms with van der Waals surface area (Å²) in [5, 5.41) is 4.48.